The van der Waals surface area contributed by atoms with Gasteiger partial charge in [0.1, 0.15) is 11.3 Å². The third-order valence-electron chi connectivity index (χ3n) is 3.81. The number of halogens is 1. The predicted molar refractivity (Wildman–Crippen MR) is 73.2 cm³/mol. The minimum absolute atomic E-state index is 0.528. The normalized spacial score (nSPS) is 26.6. The molecule has 1 unspecified atom stereocenters. The van der Waals surface area contributed by atoms with Gasteiger partial charge in [-0.1, -0.05) is 5.21 Å². The van der Waals surface area contributed by atoms with Gasteiger partial charge in [-0.05, 0) is 55.6 Å². The summed E-state index contributed by atoms with van der Waals surface area (Å²) in [4.78, 5) is 2.41. The summed E-state index contributed by atoms with van der Waals surface area (Å²) in [5, 5.41) is 18.9. The zero-order chi connectivity index (χ0) is 13.3. The topological polar surface area (TPSA) is 54.2 Å². The highest BCUT2D eigenvalue weighted by Gasteiger charge is 2.37. The summed E-state index contributed by atoms with van der Waals surface area (Å²) in [5.41, 5.74) is -0.0196. The SMILES string of the molecule is CC(C)N1CCCC(O)(c2c(Br)nnn2C)CC1. The van der Waals surface area contributed by atoms with Crippen LogP contribution >= 0.6 is 15.9 Å². The first kappa shape index (κ1) is 14.0. The molecule has 1 N–H and O–H groups in total. The van der Waals surface area contributed by atoms with Crippen LogP contribution in [0.25, 0.3) is 0 Å². The van der Waals surface area contributed by atoms with E-state index in [2.05, 4.69) is 45.0 Å². The maximum atomic E-state index is 10.9. The first-order valence-electron chi connectivity index (χ1n) is 6.46. The monoisotopic (exact) mass is 316 g/mol. The fraction of sp³-hybridized carbons (Fsp3) is 0.833. The van der Waals surface area contributed by atoms with Gasteiger partial charge in [0.25, 0.3) is 0 Å². The minimum Gasteiger partial charge on any atom is -0.383 e. The van der Waals surface area contributed by atoms with Gasteiger partial charge in [0.2, 0.25) is 0 Å². The Morgan fingerprint density at radius 1 is 1.33 bits per heavy atom. The molecule has 1 aromatic heterocycles. The summed E-state index contributed by atoms with van der Waals surface area (Å²) in [6, 6.07) is 0.528. The molecule has 0 bridgehead atoms. The summed E-state index contributed by atoms with van der Waals surface area (Å²) < 4.78 is 2.33. The zero-order valence-corrected chi connectivity index (χ0v) is 12.8. The smallest absolute Gasteiger partial charge is 0.154 e. The second-order valence-corrected chi connectivity index (χ2v) is 6.12. The summed E-state index contributed by atoms with van der Waals surface area (Å²) in [5.74, 6) is 0. The highest BCUT2D eigenvalue weighted by atomic mass is 79.9. The van der Waals surface area contributed by atoms with E-state index in [0.29, 0.717) is 10.6 Å². The van der Waals surface area contributed by atoms with Gasteiger partial charge in [-0.15, -0.1) is 5.10 Å². The van der Waals surface area contributed by atoms with Crippen LogP contribution in [0.4, 0.5) is 0 Å². The number of likely N-dealkylation sites (tertiary alicyclic amines) is 1. The Kier molecular flexibility index (Phi) is 4.08. The second kappa shape index (κ2) is 5.27. The standard InChI is InChI=1S/C12H21BrN4O/c1-9(2)17-7-4-5-12(18,6-8-17)10-11(13)14-15-16(10)3/h9,18H,4-8H2,1-3H3. The van der Waals surface area contributed by atoms with Crippen LogP contribution in [-0.2, 0) is 12.6 Å². The molecule has 5 nitrogen and oxygen atoms in total. The van der Waals surface area contributed by atoms with Crippen molar-refractivity contribution in [2.75, 3.05) is 13.1 Å². The average Bonchev–Trinajstić information content (AvgIpc) is 2.52. The highest BCUT2D eigenvalue weighted by molar-refractivity contribution is 9.10. The molecule has 0 aromatic carbocycles. The van der Waals surface area contributed by atoms with Crippen LogP contribution in [0.1, 0.15) is 38.8 Å². The van der Waals surface area contributed by atoms with Crippen LogP contribution in [0, 0.1) is 0 Å². The fourth-order valence-electron chi connectivity index (χ4n) is 2.72. The second-order valence-electron chi connectivity index (χ2n) is 5.37. The molecule has 0 spiro atoms. The molecular formula is C12H21BrN4O. The molecule has 18 heavy (non-hydrogen) atoms. The average molecular weight is 317 g/mol. The van der Waals surface area contributed by atoms with Crippen LogP contribution in [0.5, 0.6) is 0 Å². The van der Waals surface area contributed by atoms with Crippen molar-refractivity contribution in [2.45, 2.75) is 44.8 Å². The van der Waals surface area contributed by atoms with Crippen molar-refractivity contribution in [3.05, 3.63) is 10.3 Å². The lowest BCUT2D eigenvalue weighted by Gasteiger charge is -2.28. The number of hydrogen-bond donors (Lipinski definition) is 1. The maximum Gasteiger partial charge on any atom is 0.154 e. The fourth-order valence-corrected chi connectivity index (χ4v) is 3.41. The molecule has 1 saturated heterocycles. The van der Waals surface area contributed by atoms with E-state index in [-0.39, 0.29) is 0 Å². The van der Waals surface area contributed by atoms with Crippen LogP contribution in [-0.4, -0.2) is 44.1 Å². The van der Waals surface area contributed by atoms with Crippen molar-refractivity contribution in [1.29, 1.82) is 0 Å². The summed E-state index contributed by atoms with van der Waals surface area (Å²) in [6.45, 7) is 6.35. The van der Waals surface area contributed by atoms with Crippen molar-refractivity contribution in [1.82, 2.24) is 19.9 Å². The molecule has 1 aliphatic rings. The van der Waals surface area contributed by atoms with E-state index in [1.807, 2.05) is 7.05 Å². The Morgan fingerprint density at radius 2 is 2.06 bits per heavy atom. The van der Waals surface area contributed by atoms with Gasteiger partial charge in [0.15, 0.2) is 4.60 Å². The van der Waals surface area contributed by atoms with E-state index in [4.69, 9.17) is 0 Å². The van der Waals surface area contributed by atoms with Crippen molar-refractivity contribution in [2.24, 2.45) is 7.05 Å². The van der Waals surface area contributed by atoms with Crippen LogP contribution in [0.2, 0.25) is 0 Å². The molecule has 1 aliphatic heterocycles. The highest BCUT2D eigenvalue weighted by Crippen LogP contribution is 2.35. The van der Waals surface area contributed by atoms with Gasteiger partial charge in [-0.25, -0.2) is 4.68 Å². The third-order valence-corrected chi connectivity index (χ3v) is 4.34. The van der Waals surface area contributed by atoms with Crippen LogP contribution < -0.4 is 0 Å². The van der Waals surface area contributed by atoms with Crippen molar-refractivity contribution in [3.63, 3.8) is 0 Å². The number of aryl methyl sites for hydroxylation is 1. The predicted octanol–water partition coefficient (Wildman–Crippen LogP) is 1.66. The molecule has 1 atom stereocenters. The van der Waals surface area contributed by atoms with E-state index >= 15 is 0 Å². The van der Waals surface area contributed by atoms with Crippen molar-refractivity contribution in [3.8, 4) is 0 Å². The quantitative estimate of drug-likeness (QED) is 0.901. The molecule has 1 fully saturated rings. The van der Waals surface area contributed by atoms with Gasteiger partial charge in [0.05, 0.1) is 0 Å². The summed E-state index contributed by atoms with van der Waals surface area (Å²) >= 11 is 3.39. The molecular weight excluding hydrogens is 296 g/mol. The largest absolute Gasteiger partial charge is 0.383 e. The number of hydrogen-bond acceptors (Lipinski definition) is 4. The van der Waals surface area contributed by atoms with Crippen LogP contribution in [0.15, 0.2) is 4.60 Å². The molecule has 0 aliphatic carbocycles. The molecule has 0 saturated carbocycles. The first-order valence-corrected chi connectivity index (χ1v) is 7.25. The van der Waals surface area contributed by atoms with E-state index in [9.17, 15) is 5.11 Å². The zero-order valence-electron chi connectivity index (χ0n) is 11.2. The molecule has 6 heteroatoms. The molecule has 0 amide bonds. The maximum absolute atomic E-state index is 10.9. The third kappa shape index (κ3) is 2.60. The number of rotatable bonds is 2. The molecule has 0 radical (unpaired) electrons. The van der Waals surface area contributed by atoms with Gasteiger partial charge >= 0.3 is 0 Å². The van der Waals surface area contributed by atoms with Gasteiger partial charge in [-0.3, -0.25) is 0 Å². The Bertz CT molecular complexity index is 401. The van der Waals surface area contributed by atoms with E-state index in [1.54, 1.807) is 4.68 Å². The van der Waals surface area contributed by atoms with Crippen LogP contribution in [0.3, 0.4) is 0 Å². The lowest BCUT2D eigenvalue weighted by molar-refractivity contribution is 0.0119. The molecule has 2 rings (SSSR count). The molecule has 102 valence electrons. The summed E-state index contributed by atoms with van der Waals surface area (Å²) in [6.07, 6.45) is 2.48. The minimum atomic E-state index is -0.819. The Balaban J connectivity index is 2.22. The van der Waals surface area contributed by atoms with E-state index in [0.717, 1.165) is 38.0 Å². The number of aromatic nitrogens is 3. The van der Waals surface area contributed by atoms with E-state index in [1.165, 1.54) is 0 Å². The van der Waals surface area contributed by atoms with Gasteiger partial charge in [-0.2, -0.15) is 0 Å². The number of nitrogens with zero attached hydrogens (tertiary/aromatic N) is 4. The summed E-state index contributed by atoms with van der Waals surface area (Å²) in [7, 11) is 1.83. The molecule has 2 heterocycles. The molecule has 1 aromatic rings. The number of aliphatic hydroxyl groups is 1. The van der Waals surface area contributed by atoms with Gasteiger partial charge < -0.3 is 10.0 Å². The first-order chi connectivity index (χ1) is 8.44. The van der Waals surface area contributed by atoms with Crippen molar-refractivity contribution < 1.29 is 5.11 Å². The van der Waals surface area contributed by atoms with E-state index < -0.39 is 5.60 Å². The lowest BCUT2D eigenvalue weighted by atomic mass is 9.91. The lowest BCUT2D eigenvalue weighted by Crippen LogP contribution is -2.34. The van der Waals surface area contributed by atoms with Crippen molar-refractivity contribution >= 4 is 15.9 Å². The Morgan fingerprint density at radius 3 is 2.61 bits per heavy atom. The Labute approximate surface area is 116 Å². The Hall–Kier alpha value is -0.460. The van der Waals surface area contributed by atoms with Gasteiger partial charge in [0, 0.05) is 19.6 Å².